The smallest absolute Gasteiger partial charge is 0.193 e. The second-order valence-corrected chi connectivity index (χ2v) is 6.31. The number of rotatable bonds is 4. The molecule has 18 heavy (non-hydrogen) atoms. The first-order valence-electron chi connectivity index (χ1n) is 5.93. The molecule has 0 aromatic carbocycles. The molecule has 5 nitrogen and oxygen atoms in total. The number of hydrazine groups is 1. The van der Waals surface area contributed by atoms with Crippen LogP contribution in [0.1, 0.15) is 5.69 Å². The maximum atomic E-state index is 5.76. The van der Waals surface area contributed by atoms with Crippen molar-refractivity contribution in [1.29, 1.82) is 0 Å². The van der Waals surface area contributed by atoms with Gasteiger partial charge >= 0.3 is 0 Å². The van der Waals surface area contributed by atoms with Gasteiger partial charge in [-0.2, -0.15) is 11.8 Å². The van der Waals surface area contributed by atoms with Crippen LogP contribution in [0.5, 0.6) is 0 Å². The average Bonchev–Trinajstić information content (AvgIpc) is 2.97. The number of ether oxygens (including phenoxy) is 1. The normalized spacial score (nSPS) is 22.4. The number of nitrogens with one attached hydrogen (secondary N) is 1. The minimum absolute atomic E-state index is 0.127. The van der Waals surface area contributed by atoms with E-state index in [4.69, 9.17) is 10.6 Å². The van der Waals surface area contributed by atoms with Crippen LogP contribution in [-0.2, 0) is 11.2 Å². The van der Waals surface area contributed by atoms with Gasteiger partial charge in [-0.15, -0.1) is 11.3 Å². The highest BCUT2D eigenvalue weighted by Gasteiger charge is 2.25. The topological polar surface area (TPSA) is 64.6 Å². The number of hydrogen-bond acceptors (Lipinski definition) is 6. The molecule has 1 aliphatic heterocycles. The maximum Gasteiger partial charge on any atom is 0.193 e. The first kappa shape index (κ1) is 12.4. The van der Waals surface area contributed by atoms with E-state index in [1.165, 1.54) is 0 Å². The number of hydrogen-bond donors (Lipinski definition) is 2. The van der Waals surface area contributed by atoms with Crippen LogP contribution in [0, 0.1) is 0 Å². The van der Waals surface area contributed by atoms with Crippen LogP contribution in [0.4, 0.5) is 0 Å². The number of thioether (sulfide) groups is 1. The quantitative estimate of drug-likeness (QED) is 0.645. The molecule has 1 saturated heterocycles. The van der Waals surface area contributed by atoms with Gasteiger partial charge in [0, 0.05) is 35.7 Å². The molecule has 3 heterocycles. The summed E-state index contributed by atoms with van der Waals surface area (Å²) in [5.74, 6) is 7.72. The molecule has 98 valence electrons. The Labute approximate surface area is 114 Å². The Morgan fingerprint density at radius 1 is 1.67 bits per heavy atom. The molecule has 2 aromatic heterocycles. The fourth-order valence-corrected chi connectivity index (χ4v) is 3.80. The standard InChI is InChI=1S/C11H16N4OS2/c12-14-9(10-7-17-4-2-16-10)5-8-6-15-1-3-18-11(15)13-8/h1,3,6,9-10,14H,2,4-5,7,12H2. The molecule has 2 unspecified atom stereocenters. The second-order valence-electron chi connectivity index (χ2n) is 4.29. The molecule has 0 aliphatic carbocycles. The Balaban J connectivity index is 1.70. The minimum atomic E-state index is 0.127. The summed E-state index contributed by atoms with van der Waals surface area (Å²) in [6, 6.07) is 0.127. The summed E-state index contributed by atoms with van der Waals surface area (Å²) in [7, 11) is 0. The fraction of sp³-hybridized carbons (Fsp3) is 0.545. The van der Waals surface area contributed by atoms with E-state index in [2.05, 4.69) is 16.6 Å². The molecule has 7 heteroatoms. The summed E-state index contributed by atoms with van der Waals surface area (Å²) in [5, 5.41) is 2.03. The predicted molar refractivity (Wildman–Crippen MR) is 74.9 cm³/mol. The van der Waals surface area contributed by atoms with Gasteiger partial charge in [-0.1, -0.05) is 0 Å². The molecule has 0 bridgehead atoms. The monoisotopic (exact) mass is 284 g/mol. The van der Waals surface area contributed by atoms with Crippen LogP contribution in [0.2, 0.25) is 0 Å². The lowest BCUT2D eigenvalue weighted by atomic mass is 10.1. The average molecular weight is 284 g/mol. The van der Waals surface area contributed by atoms with Gasteiger partial charge in [-0.25, -0.2) is 4.98 Å². The van der Waals surface area contributed by atoms with Gasteiger partial charge in [0.05, 0.1) is 24.4 Å². The van der Waals surface area contributed by atoms with Crippen LogP contribution in [0.3, 0.4) is 0 Å². The number of imidazole rings is 1. The molecule has 0 radical (unpaired) electrons. The highest BCUT2D eigenvalue weighted by molar-refractivity contribution is 7.99. The summed E-state index contributed by atoms with van der Waals surface area (Å²) in [6.45, 7) is 0.811. The van der Waals surface area contributed by atoms with E-state index in [1.807, 2.05) is 27.7 Å². The van der Waals surface area contributed by atoms with Crippen molar-refractivity contribution in [3.05, 3.63) is 23.5 Å². The van der Waals surface area contributed by atoms with Crippen LogP contribution >= 0.6 is 23.1 Å². The molecular formula is C11H16N4OS2. The van der Waals surface area contributed by atoms with Crippen LogP contribution < -0.4 is 11.3 Å². The fourth-order valence-electron chi connectivity index (χ4n) is 2.14. The third-order valence-corrected chi connectivity index (χ3v) is 4.87. The van der Waals surface area contributed by atoms with Gasteiger partial charge in [0.1, 0.15) is 0 Å². The summed E-state index contributed by atoms with van der Waals surface area (Å²) >= 11 is 3.56. The zero-order chi connectivity index (χ0) is 12.4. The zero-order valence-electron chi connectivity index (χ0n) is 9.91. The van der Waals surface area contributed by atoms with Crippen molar-refractivity contribution in [3.8, 4) is 0 Å². The second kappa shape index (κ2) is 5.58. The SMILES string of the molecule is NNC(Cc1cn2ccsc2n1)C1CSCCO1. The zero-order valence-corrected chi connectivity index (χ0v) is 11.5. The third-order valence-electron chi connectivity index (χ3n) is 3.08. The van der Waals surface area contributed by atoms with E-state index in [1.54, 1.807) is 11.3 Å². The molecule has 0 spiro atoms. The Bertz CT molecular complexity index is 477. The van der Waals surface area contributed by atoms with Crippen molar-refractivity contribution in [2.75, 3.05) is 18.1 Å². The van der Waals surface area contributed by atoms with Crippen molar-refractivity contribution in [3.63, 3.8) is 0 Å². The Morgan fingerprint density at radius 2 is 2.61 bits per heavy atom. The lowest BCUT2D eigenvalue weighted by Crippen LogP contribution is -2.49. The van der Waals surface area contributed by atoms with E-state index in [9.17, 15) is 0 Å². The first-order valence-corrected chi connectivity index (χ1v) is 7.97. The van der Waals surface area contributed by atoms with Crippen molar-refractivity contribution >= 4 is 28.1 Å². The van der Waals surface area contributed by atoms with E-state index < -0.39 is 0 Å². The summed E-state index contributed by atoms with van der Waals surface area (Å²) in [5.41, 5.74) is 3.93. The first-order chi connectivity index (χ1) is 8.86. The lowest BCUT2D eigenvalue weighted by molar-refractivity contribution is 0.0470. The molecule has 1 fully saturated rings. The molecule has 3 N–H and O–H groups in total. The maximum absolute atomic E-state index is 5.76. The Morgan fingerprint density at radius 3 is 3.33 bits per heavy atom. The molecule has 0 saturated carbocycles. The molecule has 0 amide bonds. The number of nitrogens with two attached hydrogens (primary N) is 1. The van der Waals surface area contributed by atoms with Gasteiger partial charge in [-0.05, 0) is 0 Å². The van der Waals surface area contributed by atoms with Crippen LogP contribution in [0.25, 0.3) is 4.96 Å². The van der Waals surface area contributed by atoms with Crippen molar-refractivity contribution in [2.45, 2.75) is 18.6 Å². The van der Waals surface area contributed by atoms with Crippen LogP contribution in [-0.4, -0.2) is 39.6 Å². The summed E-state index contributed by atoms with van der Waals surface area (Å²) in [6.07, 6.45) is 5.06. The van der Waals surface area contributed by atoms with Crippen molar-refractivity contribution < 1.29 is 4.74 Å². The van der Waals surface area contributed by atoms with E-state index in [0.29, 0.717) is 0 Å². The molecule has 1 aliphatic rings. The number of thiazole rings is 1. The van der Waals surface area contributed by atoms with Gasteiger partial charge in [0.2, 0.25) is 0 Å². The number of fused-ring (bicyclic) bond motifs is 1. The highest BCUT2D eigenvalue weighted by atomic mass is 32.2. The Kier molecular flexibility index (Phi) is 3.86. The summed E-state index contributed by atoms with van der Waals surface area (Å²) < 4.78 is 7.81. The minimum Gasteiger partial charge on any atom is -0.375 e. The van der Waals surface area contributed by atoms with Gasteiger partial charge < -0.3 is 4.74 Å². The van der Waals surface area contributed by atoms with Gasteiger partial charge in [0.25, 0.3) is 0 Å². The molecule has 3 rings (SSSR count). The van der Waals surface area contributed by atoms with Crippen molar-refractivity contribution in [2.24, 2.45) is 5.84 Å². The largest absolute Gasteiger partial charge is 0.375 e. The van der Waals surface area contributed by atoms with Crippen molar-refractivity contribution in [1.82, 2.24) is 14.8 Å². The summed E-state index contributed by atoms with van der Waals surface area (Å²) in [4.78, 5) is 5.61. The highest BCUT2D eigenvalue weighted by Crippen LogP contribution is 2.18. The molecular weight excluding hydrogens is 268 g/mol. The molecule has 2 atom stereocenters. The van der Waals surface area contributed by atoms with E-state index in [-0.39, 0.29) is 12.1 Å². The van der Waals surface area contributed by atoms with E-state index >= 15 is 0 Å². The third kappa shape index (κ3) is 2.55. The van der Waals surface area contributed by atoms with Gasteiger partial charge in [0.15, 0.2) is 4.96 Å². The van der Waals surface area contributed by atoms with E-state index in [0.717, 1.165) is 35.2 Å². The predicted octanol–water partition coefficient (Wildman–Crippen LogP) is 0.902. The Hall–Kier alpha value is -0.600. The van der Waals surface area contributed by atoms with Crippen LogP contribution in [0.15, 0.2) is 17.8 Å². The van der Waals surface area contributed by atoms with Gasteiger partial charge in [-0.3, -0.25) is 15.7 Å². The lowest BCUT2D eigenvalue weighted by Gasteiger charge is -2.29. The number of nitrogens with zero attached hydrogens (tertiary/aromatic N) is 2. The molecule has 2 aromatic rings. The number of aromatic nitrogens is 2.